The SMILES string of the molecule is CCNC(Cc1cc(Br)ccc1F)c1snnc1C. The fourth-order valence-electron chi connectivity index (χ4n) is 1.98. The predicted molar refractivity (Wildman–Crippen MR) is 78.9 cm³/mol. The van der Waals surface area contributed by atoms with Crippen molar-refractivity contribution in [3.8, 4) is 0 Å². The molecule has 0 amide bonds. The van der Waals surface area contributed by atoms with Gasteiger partial charge < -0.3 is 5.32 Å². The van der Waals surface area contributed by atoms with E-state index in [1.54, 1.807) is 6.07 Å². The largest absolute Gasteiger partial charge is 0.309 e. The standard InChI is InChI=1S/C13H15BrFN3S/c1-3-16-12(13-8(2)17-18-19-13)7-9-6-10(14)4-5-11(9)15/h4-6,12,16H,3,7H2,1-2H3. The third-order valence-corrected chi connectivity index (χ3v) is 4.32. The van der Waals surface area contributed by atoms with Gasteiger partial charge in [-0.15, -0.1) is 5.10 Å². The van der Waals surface area contributed by atoms with Gasteiger partial charge in [0.05, 0.1) is 10.6 Å². The molecule has 19 heavy (non-hydrogen) atoms. The molecule has 2 aromatic rings. The van der Waals surface area contributed by atoms with Crippen LogP contribution in [-0.4, -0.2) is 16.1 Å². The molecule has 1 unspecified atom stereocenters. The zero-order chi connectivity index (χ0) is 13.8. The molecule has 3 nitrogen and oxygen atoms in total. The minimum atomic E-state index is -0.179. The fraction of sp³-hybridized carbons (Fsp3) is 0.385. The van der Waals surface area contributed by atoms with Crippen molar-refractivity contribution >= 4 is 27.5 Å². The minimum Gasteiger partial charge on any atom is -0.309 e. The van der Waals surface area contributed by atoms with Gasteiger partial charge in [-0.2, -0.15) is 0 Å². The second-order valence-corrected chi connectivity index (χ2v) is 5.97. The first-order chi connectivity index (χ1) is 9.11. The van der Waals surface area contributed by atoms with Gasteiger partial charge >= 0.3 is 0 Å². The summed E-state index contributed by atoms with van der Waals surface area (Å²) in [6.07, 6.45) is 0.587. The summed E-state index contributed by atoms with van der Waals surface area (Å²) in [5.41, 5.74) is 1.60. The molecule has 1 atom stereocenters. The van der Waals surface area contributed by atoms with Gasteiger partial charge in [0.25, 0.3) is 0 Å². The Bertz CT molecular complexity index is 559. The van der Waals surface area contributed by atoms with E-state index in [0.29, 0.717) is 12.0 Å². The normalized spacial score (nSPS) is 12.6. The summed E-state index contributed by atoms with van der Waals surface area (Å²) in [5, 5.41) is 7.40. The lowest BCUT2D eigenvalue weighted by Gasteiger charge is -2.17. The highest BCUT2D eigenvalue weighted by Crippen LogP contribution is 2.26. The van der Waals surface area contributed by atoms with Crippen LogP contribution in [0.2, 0.25) is 0 Å². The number of likely N-dealkylation sites (N-methyl/N-ethyl adjacent to an activating group) is 1. The average molecular weight is 344 g/mol. The van der Waals surface area contributed by atoms with Crippen LogP contribution in [0.5, 0.6) is 0 Å². The molecule has 6 heteroatoms. The Morgan fingerprint density at radius 3 is 2.89 bits per heavy atom. The van der Waals surface area contributed by atoms with E-state index in [0.717, 1.165) is 21.6 Å². The van der Waals surface area contributed by atoms with Gasteiger partial charge in [-0.05, 0) is 55.2 Å². The van der Waals surface area contributed by atoms with Gasteiger partial charge in [-0.1, -0.05) is 27.3 Å². The van der Waals surface area contributed by atoms with Gasteiger partial charge in [-0.25, -0.2) is 4.39 Å². The van der Waals surface area contributed by atoms with Gasteiger partial charge in [0, 0.05) is 10.5 Å². The third kappa shape index (κ3) is 3.58. The Balaban J connectivity index is 2.26. The maximum absolute atomic E-state index is 13.8. The Hall–Kier alpha value is -0.850. The molecule has 1 aromatic carbocycles. The summed E-state index contributed by atoms with van der Waals surface area (Å²) in [5.74, 6) is -0.179. The number of aromatic nitrogens is 2. The van der Waals surface area contributed by atoms with Crippen molar-refractivity contribution in [2.45, 2.75) is 26.3 Å². The molecule has 0 bridgehead atoms. The maximum Gasteiger partial charge on any atom is 0.126 e. The summed E-state index contributed by atoms with van der Waals surface area (Å²) >= 11 is 4.75. The molecule has 0 spiro atoms. The maximum atomic E-state index is 13.8. The lowest BCUT2D eigenvalue weighted by atomic mass is 10.0. The Morgan fingerprint density at radius 1 is 1.47 bits per heavy atom. The van der Waals surface area contributed by atoms with Crippen LogP contribution in [0.1, 0.15) is 29.1 Å². The van der Waals surface area contributed by atoms with E-state index in [1.165, 1.54) is 17.6 Å². The number of rotatable bonds is 5. The first-order valence-corrected chi connectivity index (χ1v) is 7.64. The molecular formula is C13H15BrFN3S. The molecule has 1 heterocycles. The number of benzene rings is 1. The molecule has 0 saturated heterocycles. The molecule has 102 valence electrons. The quantitative estimate of drug-likeness (QED) is 0.900. The van der Waals surface area contributed by atoms with E-state index in [-0.39, 0.29) is 11.9 Å². The molecule has 0 aliphatic rings. The molecular weight excluding hydrogens is 329 g/mol. The summed E-state index contributed by atoms with van der Waals surface area (Å²) in [6.45, 7) is 4.78. The second kappa shape index (κ2) is 6.54. The van der Waals surface area contributed by atoms with Gasteiger partial charge in [0.15, 0.2) is 0 Å². The van der Waals surface area contributed by atoms with Crippen molar-refractivity contribution in [2.75, 3.05) is 6.54 Å². The monoisotopic (exact) mass is 343 g/mol. The van der Waals surface area contributed by atoms with Crippen molar-refractivity contribution in [3.63, 3.8) is 0 Å². The van der Waals surface area contributed by atoms with E-state index in [9.17, 15) is 4.39 Å². The smallest absolute Gasteiger partial charge is 0.126 e. The third-order valence-electron chi connectivity index (χ3n) is 2.89. The van der Waals surface area contributed by atoms with E-state index < -0.39 is 0 Å². The molecule has 0 aliphatic carbocycles. The molecule has 1 aromatic heterocycles. The van der Waals surface area contributed by atoms with Crippen LogP contribution in [0.3, 0.4) is 0 Å². The van der Waals surface area contributed by atoms with Crippen molar-refractivity contribution in [3.05, 3.63) is 44.6 Å². The lowest BCUT2D eigenvalue weighted by Crippen LogP contribution is -2.23. The van der Waals surface area contributed by atoms with Gasteiger partial charge in [-0.3, -0.25) is 0 Å². The number of nitrogens with zero attached hydrogens (tertiary/aromatic N) is 2. The second-order valence-electron chi connectivity index (χ2n) is 4.27. The number of nitrogens with one attached hydrogen (secondary N) is 1. The number of hydrogen-bond acceptors (Lipinski definition) is 4. The molecule has 0 saturated carbocycles. The van der Waals surface area contributed by atoms with Crippen LogP contribution in [0.25, 0.3) is 0 Å². The highest BCUT2D eigenvalue weighted by Gasteiger charge is 2.18. The zero-order valence-electron chi connectivity index (χ0n) is 10.8. The summed E-state index contributed by atoms with van der Waals surface area (Å²) in [6, 6.07) is 5.07. The Morgan fingerprint density at radius 2 is 2.26 bits per heavy atom. The van der Waals surface area contributed by atoms with E-state index >= 15 is 0 Å². The zero-order valence-corrected chi connectivity index (χ0v) is 13.2. The molecule has 0 aliphatic heterocycles. The van der Waals surface area contributed by atoms with E-state index in [2.05, 4.69) is 30.8 Å². The Kier molecular flexibility index (Phi) is 5.01. The lowest BCUT2D eigenvalue weighted by molar-refractivity contribution is 0.531. The highest BCUT2D eigenvalue weighted by atomic mass is 79.9. The molecule has 0 radical (unpaired) electrons. The summed E-state index contributed by atoms with van der Waals surface area (Å²) in [4.78, 5) is 1.07. The van der Waals surface area contributed by atoms with E-state index in [4.69, 9.17) is 0 Å². The number of hydrogen-bond donors (Lipinski definition) is 1. The summed E-state index contributed by atoms with van der Waals surface area (Å²) in [7, 11) is 0. The first kappa shape index (κ1) is 14.6. The highest BCUT2D eigenvalue weighted by molar-refractivity contribution is 9.10. The van der Waals surface area contributed by atoms with Crippen molar-refractivity contribution in [1.82, 2.24) is 14.9 Å². The Labute approximate surface area is 124 Å². The van der Waals surface area contributed by atoms with E-state index in [1.807, 2.05) is 19.9 Å². The van der Waals surface area contributed by atoms with Crippen LogP contribution in [0, 0.1) is 12.7 Å². The van der Waals surface area contributed by atoms with Crippen LogP contribution >= 0.6 is 27.5 Å². The number of aryl methyl sites for hydroxylation is 1. The van der Waals surface area contributed by atoms with Crippen LogP contribution < -0.4 is 5.32 Å². The average Bonchev–Trinajstić information content (AvgIpc) is 2.79. The van der Waals surface area contributed by atoms with Gasteiger partial charge in [0.1, 0.15) is 5.82 Å². The predicted octanol–water partition coefficient (Wildman–Crippen LogP) is 3.64. The summed E-state index contributed by atoms with van der Waals surface area (Å²) < 4.78 is 18.7. The number of halogens is 2. The van der Waals surface area contributed by atoms with Crippen LogP contribution in [-0.2, 0) is 6.42 Å². The van der Waals surface area contributed by atoms with Crippen molar-refractivity contribution in [2.24, 2.45) is 0 Å². The van der Waals surface area contributed by atoms with Crippen LogP contribution in [0.15, 0.2) is 22.7 Å². The van der Waals surface area contributed by atoms with Gasteiger partial charge in [0.2, 0.25) is 0 Å². The topological polar surface area (TPSA) is 37.8 Å². The van der Waals surface area contributed by atoms with Crippen LogP contribution in [0.4, 0.5) is 4.39 Å². The van der Waals surface area contributed by atoms with Crippen molar-refractivity contribution in [1.29, 1.82) is 0 Å². The molecule has 2 rings (SSSR count). The minimum absolute atomic E-state index is 0.0498. The molecule has 0 fully saturated rings. The fourth-order valence-corrected chi connectivity index (χ4v) is 3.11. The first-order valence-electron chi connectivity index (χ1n) is 6.08. The molecule has 1 N–H and O–H groups in total. The van der Waals surface area contributed by atoms with Crippen molar-refractivity contribution < 1.29 is 4.39 Å².